The average molecular weight is 286 g/mol. The second-order valence-corrected chi connectivity index (χ2v) is 4.91. The molecule has 0 aromatic carbocycles. The molecule has 0 fully saturated rings. The number of pyridine rings is 1. The van der Waals surface area contributed by atoms with E-state index >= 15 is 0 Å². The molecule has 2 aromatic rings. The fraction of sp³-hybridized carbons (Fsp3) is 0.300. The minimum atomic E-state index is 0.963. The largest absolute Gasteiger partial charge is 0.381 e. The first-order valence-corrected chi connectivity index (χ1v) is 6.86. The van der Waals surface area contributed by atoms with Gasteiger partial charge in [0.25, 0.3) is 0 Å². The molecule has 0 aliphatic heterocycles. The van der Waals surface area contributed by atoms with E-state index in [1.807, 2.05) is 34.6 Å². The van der Waals surface area contributed by atoms with E-state index in [0.29, 0.717) is 0 Å². The highest BCUT2D eigenvalue weighted by Crippen LogP contribution is 2.19. The fourth-order valence-electron chi connectivity index (χ4n) is 1.41. The zero-order valence-corrected chi connectivity index (χ0v) is 10.8. The van der Waals surface area contributed by atoms with Gasteiger partial charge in [-0.1, -0.05) is 0 Å². The molecule has 5 heteroatoms. The van der Waals surface area contributed by atoms with Crippen molar-refractivity contribution < 1.29 is 0 Å². The van der Waals surface area contributed by atoms with Crippen molar-refractivity contribution in [1.29, 1.82) is 0 Å². The molecule has 0 saturated carbocycles. The third-order valence-electron chi connectivity index (χ3n) is 2.11. The van der Waals surface area contributed by atoms with Gasteiger partial charge in [0, 0.05) is 18.5 Å². The van der Waals surface area contributed by atoms with E-state index in [-0.39, 0.29) is 0 Å². The minimum absolute atomic E-state index is 0.963. The van der Waals surface area contributed by atoms with Crippen LogP contribution in [0.15, 0.2) is 29.1 Å². The first kappa shape index (κ1) is 10.8. The Morgan fingerprint density at radius 3 is 3.27 bits per heavy atom. The van der Waals surface area contributed by atoms with Crippen molar-refractivity contribution in [3.05, 3.63) is 29.1 Å². The van der Waals surface area contributed by atoms with Crippen molar-refractivity contribution in [3.63, 3.8) is 0 Å². The van der Waals surface area contributed by atoms with Gasteiger partial charge < -0.3 is 5.32 Å². The topological polar surface area (TPSA) is 29.3 Å². The highest BCUT2D eigenvalue weighted by atomic mass is 79.9. The molecular formula is C10H12BrN3S. The van der Waals surface area contributed by atoms with Crippen molar-refractivity contribution in [1.82, 2.24) is 9.38 Å². The normalized spacial score (nSPS) is 10.8. The number of aromatic nitrogens is 2. The fourth-order valence-corrected chi connectivity index (χ4v) is 2.10. The molecule has 0 saturated heterocycles. The lowest BCUT2D eigenvalue weighted by Gasteiger charge is -2.06. The molecule has 2 aromatic heterocycles. The van der Waals surface area contributed by atoms with Gasteiger partial charge >= 0.3 is 0 Å². The van der Waals surface area contributed by atoms with Crippen LogP contribution < -0.4 is 5.32 Å². The number of anilines is 1. The third kappa shape index (κ3) is 2.29. The lowest BCUT2D eigenvalue weighted by atomic mass is 10.4. The van der Waals surface area contributed by atoms with Gasteiger partial charge in [-0.15, -0.1) is 0 Å². The summed E-state index contributed by atoms with van der Waals surface area (Å²) in [7, 11) is 0. The summed E-state index contributed by atoms with van der Waals surface area (Å²) in [6.07, 6.45) is 5.91. The molecule has 0 atom stereocenters. The standard InChI is InChI=1S/C10H12BrN3S/c1-15-6-4-12-8-3-2-5-14-9(11)7-13-10(8)14/h2-3,5,7,12H,4,6H2,1H3. The van der Waals surface area contributed by atoms with Crippen molar-refractivity contribution >= 4 is 39.0 Å². The van der Waals surface area contributed by atoms with Crippen molar-refractivity contribution in [2.75, 3.05) is 23.9 Å². The van der Waals surface area contributed by atoms with E-state index in [4.69, 9.17) is 0 Å². The lowest BCUT2D eigenvalue weighted by Crippen LogP contribution is -2.05. The Kier molecular flexibility index (Phi) is 3.53. The Morgan fingerprint density at radius 2 is 2.47 bits per heavy atom. The van der Waals surface area contributed by atoms with Crippen LogP contribution in [0.3, 0.4) is 0 Å². The van der Waals surface area contributed by atoms with Crippen molar-refractivity contribution in [3.8, 4) is 0 Å². The molecule has 0 amide bonds. The number of halogens is 1. The zero-order valence-electron chi connectivity index (χ0n) is 8.40. The maximum absolute atomic E-state index is 4.34. The van der Waals surface area contributed by atoms with Gasteiger partial charge in [0.15, 0.2) is 5.65 Å². The number of fused-ring (bicyclic) bond motifs is 1. The molecule has 0 unspecified atom stereocenters. The van der Waals surface area contributed by atoms with Crippen LogP contribution in [0.2, 0.25) is 0 Å². The minimum Gasteiger partial charge on any atom is -0.381 e. The Balaban J connectivity index is 2.26. The van der Waals surface area contributed by atoms with Crippen LogP contribution >= 0.6 is 27.7 Å². The Bertz CT molecular complexity index is 455. The summed E-state index contributed by atoms with van der Waals surface area (Å²) in [5.74, 6) is 1.10. The first-order chi connectivity index (χ1) is 7.33. The molecule has 0 radical (unpaired) electrons. The van der Waals surface area contributed by atoms with Gasteiger partial charge in [0.05, 0.1) is 11.9 Å². The van der Waals surface area contributed by atoms with Crippen molar-refractivity contribution in [2.45, 2.75) is 0 Å². The summed E-state index contributed by atoms with van der Waals surface area (Å²) in [6, 6.07) is 4.07. The second kappa shape index (κ2) is 4.90. The summed E-state index contributed by atoms with van der Waals surface area (Å²) in [4.78, 5) is 4.34. The summed E-state index contributed by atoms with van der Waals surface area (Å²) >= 11 is 5.28. The highest BCUT2D eigenvalue weighted by Gasteiger charge is 2.04. The van der Waals surface area contributed by atoms with Crippen LogP contribution in [0.4, 0.5) is 5.69 Å². The second-order valence-electron chi connectivity index (χ2n) is 3.12. The van der Waals surface area contributed by atoms with Gasteiger partial charge in [0.2, 0.25) is 0 Å². The molecule has 3 nitrogen and oxygen atoms in total. The number of hydrogen-bond acceptors (Lipinski definition) is 3. The summed E-state index contributed by atoms with van der Waals surface area (Å²) in [6.45, 7) is 0.964. The molecule has 80 valence electrons. The summed E-state index contributed by atoms with van der Waals surface area (Å²) < 4.78 is 2.99. The maximum Gasteiger partial charge on any atom is 0.161 e. The molecule has 0 aliphatic carbocycles. The number of rotatable bonds is 4. The Hall–Kier alpha value is -0.680. The van der Waals surface area contributed by atoms with E-state index in [1.54, 1.807) is 0 Å². The Morgan fingerprint density at radius 1 is 1.60 bits per heavy atom. The number of thioether (sulfide) groups is 1. The smallest absolute Gasteiger partial charge is 0.161 e. The third-order valence-corrected chi connectivity index (χ3v) is 3.31. The predicted octanol–water partition coefficient (Wildman–Crippen LogP) is 2.87. The van der Waals surface area contributed by atoms with E-state index in [1.165, 1.54) is 0 Å². The van der Waals surface area contributed by atoms with Crippen LogP contribution in [-0.4, -0.2) is 27.9 Å². The van der Waals surface area contributed by atoms with Crippen molar-refractivity contribution in [2.24, 2.45) is 0 Å². The highest BCUT2D eigenvalue weighted by molar-refractivity contribution is 9.10. The molecule has 1 N–H and O–H groups in total. The van der Waals surface area contributed by atoms with Crippen LogP contribution in [0.25, 0.3) is 5.65 Å². The summed E-state index contributed by atoms with van der Waals surface area (Å²) in [5.41, 5.74) is 2.04. The number of nitrogens with zero attached hydrogens (tertiary/aromatic N) is 2. The first-order valence-electron chi connectivity index (χ1n) is 4.67. The van der Waals surface area contributed by atoms with Crippen LogP contribution in [0.1, 0.15) is 0 Å². The maximum atomic E-state index is 4.34. The number of hydrogen-bond donors (Lipinski definition) is 1. The molecule has 15 heavy (non-hydrogen) atoms. The Labute approximate surface area is 101 Å². The van der Waals surface area contributed by atoms with Gasteiger partial charge in [-0.25, -0.2) is 4.98 Å². The molecule has 2 rings (SSSR count). The zero-order chi connectivity index (χ0) is 10.7. The molecule has 0 bridgehead atoms. The quantitative estimate of drug-likeness (QED) is 0.876. The van der Waals surface area contributed by atoms with Crippen LogP contribution in [-0.2, 0) is 0 Å². The van der Waals surface area contributed by atoms with Gasteiger partial charge in [-0.3, -0.25) is 4.40 Å². The molecule has 0 spiro atoms. The average Bonchev–Trinajstić information content (AvgIpc) is 2.62. The lowest BCUT2D eigenvalue weighted by molar-refractivity contribution is 1.14. The molecule has 2 heterocycles. The molecular weight excluding hydrogens is 274 g/mol. The predicted molar refractivity (Wildman–Crippen MR) is 69.8 cm³/mol. The van der Waals surface area contributed by atoms with E-state index < -0.39 is 0 Å². The van der Waals surface area contributed by atoms with Crippen LogP contribution in [0.5, 0.6) is 0 Å². The van der Waals surface area contributed by atoms with Gasteiger partial charge in [-0.05, 0) is 34.3 Å². The van der Waals surface area contributed by atoms with Gasteiger partial charge in [0.1, 0.15) is 4.60 Å². The van der Waals surface area contributed by atoms with E-state index in [2.05, 4.69) is 38.6 Å². The molecule has 0 aliphatic rings. The number of nitrogens with one attached hydrogen (secondary N) is 1. The van der Waals surface area contributed by atoms with Gasteiger partial charge in [-0.2, -0.15) is 11.8 Å². The summed E-state index contributed by atoms with van der Waals surface area (Å²) in [5, 5.41) is 3.38. The van der Waals surface area contributed by atoms with E-state index in [0.717, 1.165) is 28.2 Å². The van der Waals surface area contributed by atoms with Crippen LogP contribution in [0, 0.1) is 0 Å². The van der Waals surface area contributed by atoms with E-state index in [9.17, 15) is 0 Å². The SMILES string of the molecule is CSCCNc1cccn2c(Br)cnc12. The number of imidazole rings is 1. The monoisotopic (exact) mass is 285 g/mol.